The fourth-order valence-corrected chi connectivity index (χ4v) is 0. The molecule has 0 aromatic rings. The van der Waals surface area contributed by atoms with Gasteiger partial charge in [-0.05, 0) is 0 Å². The van der Waals surface area contributed by atoms with Crippen molar-refractivity contribution in [2.75, 3.05) is 0 Å². The van der Waals surface area contributed by atoms with Crippen molar-refractivity contribution in [2.24, 2.45) is 0 Å². The van der Waals surface area contributed by atoms with Gasteiger partial charge in [0.15, 0.2) is 8.69 Å². The van der Waals surface area contributed by atoms with Gasteiger partial charge in [-0.15, -0.1) is 26.3 Å². The zero-order chi connectivity index (χ0) is 6.71. The summed E-state index contributed by atoms with van der Waals surface area (Å²) in [5.74, 6) is 0. The van der Waals surface area contributed by atoms with Gasteiger partial charge >= 0.3 is 0 Å². The highest BCUT2D eigenvalue weighted by molar-refractivity contribution is 7.16. The fraction of sp³-hybridized carbons (Fsp3) is 0. The monoisotopic (exact) mass is 122 g/mol. The third kappa shape index (κ3) is 701. The van der Waals surface area contributed by atoms with Crippen LogP contribution < -0.4 is 0 Å². The molecular weight excluding hydrogens is 111 g/mol. The summed E-state index contributed by atoms with van der Waals surface area (Å²) in [5, 5.41) is 0. The van der Waals surface area contributed by atoms with E-state index in [4.69, 9.17) is 9.46 Å². The first-order chi connectivity index (χ1) is 3.41. The summed E-state index contributed by atoms with van der Waals surface area (Å²) in [6.45, 7) is 12.0. The Morgan fingerprint density at radius 1 is 1.14 bits per heavy atom. The maximum absolute atomic E-state index is 8.57. The number of rotatable bonds is 0. The van der Waals surface area contributed by atoms with Crippen LogP contribution in [0.25, 0.3) is 0 Å². The molecule has 0 rings (SSSR count). The van der Waals surface area contributed by atoms with E-state index in [-0.39, 0.29) is 0 Å². The predicted octanol–water partition coefficient (Wildman–Crippen LogP) is 1.25. The molecule has 0 fully saturated rings. The van der Waals surface area contributed by atoms with Crippen LogP contribution in [0.4, 0.5) is 0 Å². The van der Waals surface area contributed by atoms with Gasteiger partial charge in [0.2, 0.25) is 0 Å². The summed E-state index contributed by atoms with van der Waals surface area (Å²) in [6.07, 6.45) is 0. The lowest BCUT2D eigenvalue weighted by Crippen LogP contribution is -1.03. The summed E-state index contributed by atoms with van der Waals surface area (Å²) in [6, 6.07) is 0. The largest absolute Gasteiger partial charge is 0.348 e. The maximum atomic E-state index is 8.57. The molecular formula is C4H11O2P. The van der Waals surface area contributed by atoms with Crippen molar-refractivity contribution >= 4 is 8.69 Å². The molecule has 1 unspecified atom stereocenters. The Labute approximate surface area is 45.5 Å². The van der Waals surface area contributed by atoms with E-state index in [9.17, 15) is 0 Å². The molecule has 0 bridgehead atoms. The Hall–Kier alpha value is -0.330. The van der Waals surface area contributed by atoms with Crippen molar-refractivity contribution in [3.05, 3.63) is 26.3 Å². The molecule has 0 amide bonds. The summed E-state index contributed by atoms with van der Waals surface area (Å²) < 4.78 is 8.57. The molecule has 0 saturated carbocycles. The molecule has 0 saturated heterocycles. The third-order valence-corrected chi connectivity index (χ3v) is 0. The van der Waals surface area contributed by atoms with E-state index in [2.05, 4.69) is 26.3 Å². The standard InChI is InChI=1S/2C2H4.H3O2P/c2*1-2;1-3-2/h2*1-2H2;3H2,(H,1,2). The minimum Gasteiger partial charge on any atom is -0.348 e. The second-order valence-corrected chi connectivity index (χ2v) is 0.316. The number of hydrogen-bond acceptors (Lipinski definition) is 1. The van der Waals surface area contributed by atoms with Crippen LogP contribution in [0, 0.1) is 0 Å². The highest BCUT2D eigenvalue weighted by Crippen LogP contribution is 1.66. The Bertz CT molecular complexity index is 28.9. The Morgan fingerprint density at radius 3 is 1.14 bits per heavy atom. The van der Waals surface area contributed by atoms with Gasteiger partial charge in [0.05, 0.1) is 0 Å². The van der Waals surface area contributed by atoms with Gasteiger partial charge in [-0.1, -0.05) is 0 Å². The van der Waals surface area contributed by atoms with E-state index >= 15 is 0 Å². The van der Waals surface area contributed by atoms with Crippen LogP contribution in [0.1, 0.15) is 0 Å². The molecule has 7 heavy (non-hydrogen) atoms. The SMILES string of the molecule is C=C.C=C.O=[PH2]O. The molecule has 0 aliphatic carbocycles. The summed E-state index contributed by atoms with van der Waals surface area (Å²) in [4.78, 5) is 7.10. The van der Waals surface area contributed by atoms with E-state index in [0.717, 1.165) is 0 Å². The highest BCUT2D eigenvalue weighted by Gasteiger charge is 1.17. The molecule has 44 valence electrons. The van der Waals surface area contributed by atoms with Crippen molar-refractivity contribution < 1.29 is 9.46 Å². The van der Waals surface area contributed by atoms with Gasteiger partial charge in [-0.3, -0.25) is 4.57 Å². The molecule has 0 heterocycles. The Morgan fingerprint density at radius 2 is 1.14 bits per heavy atom. The van der Waals surface area contributed by atoms with Crippen molar-refractivity contribution in [1.29, 1.82) is 0 Å². The smallest absolute Gasteiger partial charge is 0.177 e. The van der Waals surface area contributed by atoms with Gasteiger partial charge in [0.25, 0.3) is 0 Å². The predicted molar refractivity (Wildman–Crippen MR) is 35.1 cm³/mol. The van der Waals surface area contributed by atoms with Crippen LogP contribution in [-0.2, 0) is 4.57 Å². The first-order valence-electron chi connectivity index (χ1n) is 1.49. The topological polar surface area (TPSA) is 37.3 Å². The van der Waals surface area contributed by atoms with E-state index in [0.29, 0.717) is 0 Å². The second kappa shape index (κ2) is 275. The maximum Gasteiger partial charge on any atom is 0.177 e. The molecule has 0 aliphatic rings. The van der Waals surface area contributed by atoms with E-state index in [1.54, 1.807) is 0 Å². The molecule has 0 aromatic heterocycles. The van der Waals surface area contributed by atoms with Crippen LogP contribution in [0.5, 0.6) is 0 Å². The molecule has 3 heteroatoms. The van der Waals surface area contributed by atoms with E-state index < -0.39 is 8.69 Å². The lowest BCUT2D eigenvalue weighted by atomic mass is 11.3. The van der Waals surface area contributed by atoms with Crippen molar-refractivity contribution in [1.82, 2.24) is 0 Å². The van der Waals surface area contributed by atoms with Crippen LogP contribution in [-0.4, -0.2) is 4.89 Å². The molecule has 0 radical (unpaired) electrons. The minimum atomic E-state index is -1.50. The molecule has 0 aliphatic heterocycles. The minimum absolute atomic E-state index is 1.50. The van der Waals surface area contributed by atoms with E-state index in [1.165, 1.54) is 0 Å². The number of hydrogen-bond donors (Lipinski definition) is 1. The Kier molecular flexibility index (Phi) is 627. The van der Waals surface area contributed by atoms with Crippen LogP contribution in [0.2, 0.25) is 0 Å². The van der Waals surface area contributed by atoms with Crippen LogP contribution >= 0.6 is 8.69 Å². The molecule has 1 atom stereocenters. The lowest BCUT2D eigenvalue weighted by Gasteiger charge is -1.33. The van der Waals surface area contributed by atoms with Crippen molar-refractivity contribution in [3.8, 4) is 0 Å². The molecule has 0 spiro atoms. The van der Waals surface area contributed by atoms with Crippen LogP contribution in [0.15, 0.2) is 26.3 Å². The average molecular weight is 122 g/mol. The van der Waals surface area contributed by atoms with Crippen molar-refractivity contribution in [3.63, 3.8) is 0 Å². The summed E-state index contributed by atoms with van der Waals surface area (Å²) in [7, 11) is -1.50. The lowest BCUT2D eigenvalue weighted by molar-refractivity contribution is 0.524. The zero-order valence-corrected chi connectivity index (χ0v) is 5.42. The molecule has 2 nitrogen and oxygen atoms in total. The average Bonchev–Trinajstić information content (AvgIpc) is 1.78. The molecule has 0 aromatic carbocycles. The normalized spacial score (nSPS) is 5.29. The Balaban J connectivity index is -0.0000000360. The van der Waals surface area contributed by atoms with Crippen LogP contribution in [0.3, 0.4) is 0 Å². The van der Waals surface area contributed by atoms with Gasteiger partial charge in [0.1, 0.15) is 0 Å². The first-order valence-corrected chi connectivity index (χ1v) is 2.48. The quantitative estimate of drug-likeness (QED) is 0.388. The first kappa shape index (κ1) is 15.9. The van der Waals surface area contributed by atoms with Gasteiger partial charge in [0, 0.05) is 0 Å². The van der Waals surface area contributed by atoms with Gasteiger partial charge in [-0.2, -0.15) is 0 Å². The highest BCUT2D eigenvalue weighted by atomic mass is 31.1. The summed E-state index contributed by atoms with van der Waals surface area (Å²) in [5.41, 5.74) is 0. The fourth-order valence-electron chi connectivity index (χ4n) is 0. The van der Waals surface area contributed by atoms with Gasteiger partial charge < -0.3 is 4.89 Å². The van der Waals surface area contributed by atoms with E-state index in [1.807, 2.05) is 0 Å². The summed E-state index contributed by atoms with van der Waals surface area (Å²) >= 11 is 0. The van der Waals surface area contributed by atoms with Crippen molar-refractivity contribution in [2.45, 2.75) is 0 Å². The molecule has 1 N–H and O–H groups in total. The zero-order valence-electron chi connectivity index (χ0n) is 4.26. The second-order valence-electron chi connectivity index (χ2n) is 0.105. The third-order valence-electron chi connectivity index (χ3n) is 0. The van der Waals surface area contributed by atoms with Gasteiger partial charge in [-0.25, -0.2) is 0 Å².